The Balaban J connectivity index is 1.94. The molecule has 1 heterocycles. The zero-order chi connectivity index (χ0) is 16.4. The smallest absolute Gasteiger partial charge is 0.363 e. The molecule has 2 aromatic rings. The largest absolute Gasteiger partial charge is 0.497 e. The molecule has 0 saturated heterocycles. The molecule has 3 rings (SSSR count). The Labute approximate surface area is 143 Å². The van der Waals surface area contributed by atoms with Crippen LogP contribution < -0.4 is 4.74 Å². The molecule has 2 aromatic carbocycles. The van der Waals surface area contributed by atoms with E-state index in [1.165, 1.54) is 0 Å². The minimum atomic E-state index is -0.535. The lowest BCUT2D eigenvalue weighted by Gasteiger charge is -2.02. The Morgan fingerprint density at radius 2 is 1.87 bits per heavy atom. The first-order valence-electron chi connectivity index (χ1n) is 6.69. The number of methoxy groups -OCH3 is 1. The Morgan fingerprint density at radius 1 is 1.13 bits per heavy atom. The summed E-state index contributed by atoms with van der Waals surface area (Å²) in [5.74, 6) is 0.338. The minimum Gasteiger partial charge on any atom is -0.497 e. The number of benzene rings is 2. The number of hydrogen-bond donors (Lipinski definition) is 0. The Morgan fingerprint density at radius 3 is 2.57 bits per heavy atom. The number of carbonyl (C=O) groups excluding carboxylic acids is 1. The quantitative estimate of drug-likeness (QED) is 0.612. The van der Waals surface area contributed by atoms with Crippen molar-refractivity contribution in [3.63, 3.8) is 0 Å². The van der Waals surface area contributed by atoms with Gasteiger partial charge in [-0.15, -0.1) is 0 Å². The Kier molecular flexibility index (Phi) is 4.37. The van der Waals surface area contributed by atoms with Crippen molar-refractivity contribution in [3.8, 4) is 5.75 Å². The first-order chi connectivity index (χ1) is 11.1. The lowest BCUT2D eigenvalue weighted by atomic mass is 10.2. The summed E-state index contributed by atoms with van der Waals surface area (Å²) >= 11 is 12.0. The van der Waals surface area contributed by atoms with Gasteiger partial charge in [-0.05, 0) is 42.0 Å². The fourth-order valence-electron chi connectivity index (χ4n) is 2.04. The van der Waals surface area contributed by atoms with Crippen LogP contribution in [0.1, 0.15) is 11.1 Å². The average Bonchev–Trinajstić information content (AvgIpc) is 2.91. The Hall–Kier alpha value is -2.30. The van der Waals surface area contributed by atoms with Crippen LogP contribution in [0.3, 0.4) is 0 Å². The molecule has 6 heteroatoms. The van der Waals surface area contributed by atoms with Crippen molar-refractivity contribution in [1.29, 1.82) is 0 Å². The number of nitrogens with zero attached hydrogens (tertiary/aromatic N) is 1. The molecule has 0 radical (unpaired) electrons. The van der Waals surface area contributed by atoms with Crippen LogP contribution in [0.15, 0.2) is 53.2 Å². The molecule has 0 unspecified atom stereocenters. The summed E-state index contributed by atoms with van der Waals surface area (Å²) in [6, 6.07) is 12.1. The van der Waals surface area contributed by atoms with Crippen LogP contribution in [-0.2, 0) is 9.53 Å². The number of rotatable bonds is 3. The van der Waals surface area contributed by atoms with Gasteiger partial charge in [-0.2, -0.15) is 0 Å². The third-order valence-corrected chi connectivity index (χ3v) is 3.76. The molecule has 1 aliphatic heterocycles. The molecule has 0 N–H and O–H groups in total. The zero-order valence-electron chi connectivity index (χ0n) is 12.0. The van der Waals surface area contributed by atoms with Crippen molar-refractivity contribution in [2.45, 2.75) is 0 Å². The molecule has 0 aliphatic carbocycles. The standard InChI is InChI=1S/C17H11Cl2NO3/c1-22-12-5-2-10(3-6-12)8-15-17(21)23-16(20-15)13-9-11(18)4-7-14(13)19/h2-9H,1H3. The van der Waals surface area contributed by atoms with Gasteiger partial charge in [0.1, 0.15) is 5.75 Å². The molecular weight excluding hydrogens is 337 g/mol. The third kappa shape index (κ3) is 3.38. The summed E-state index contributed by atoms with van der Waals surface area (Å²) in [5.41, 5.74) is 1.48. The van der Waals surface area contributed by atoms with Crippen LogP contribution in [-0.4, -0.2) is 19.0 Å². The minimum absolute atomic E-state index is 0.141. The predicted octanol–water partition coefficient (Wildman–Crippen LogP) is 4.35. The summed E-state index contributed by atoms with van der Waals surface area (Å²) in [6.45, 7) is 0. The van der Waals surface area contributed by atoms with E-state index in [1.807, 2.05) is 12.1 Å². The van der Waals surface area contributed by atoms with E-state index in [-0.39, 0.29) is 11.6 Å². The number of carbonyl (C=O) groups is 1. The monoisotopic (exact) mass is 347 g/mol. The van der Waals surface area contributed by atoms with Gasteiger partial charge in [-0.3, -0.25) is 0 Å². The number of cyclic esters (lactones) is 1. The predicted molar refractivity (Wildman–Crippen MR) is 90.1 cm³/mol. The van der Waals surface area contributed by atoms with Gasteiger partial charge in [-0.1, -0.05) is 35.3 Å². The molecule has 0 aromatic heterocycles. The highest BCUT2D eigenvalue weighted by Gasteiger charge is 2.25. The zero-order valence-corrected chi connectivity index (χ0v) is 13.6. The SMILES string of the molecule is COc1ccc(C=C2N=C(c3cc(Cl)ccc3Cl)OC2=O)cc1. The fourth-order valence-corrected chi connectivity index (χ4v) is 2.41. The number of esters is 1. The van der Waals surface area contributed by atoms with E-state index >= 15 is 0 Å². The number of ether oxygens (including phenoxy) is 2. The maximum atomic E-state index is 12.0. The fraction of sp³-hybridized carbons (Fsp3) is 0.0588. The summed E-state index contributed by atoms with van der Waals surface area (Å²) < 4.78 is 10.3. The van der Waals surface area contributed by atoms with E-state index in [2.05, 4.69) is 4.99 Å². The molecule has 1 aliphatic rings. The lowest BCUT2D eigenvalue weighted by Crippen LogP contribution is -2.06. The Bertz CT molecular complexity index is 826. The first kappa shape index (κ1) is 15.6. The molecule has 0 atom stereocenters. The maximum absolute atomic E-state index is 12.0. The van der Waals surface area contributed by atoms with Gasteiger partial charge in [0.05, 0.1) is 17.7 Å². The molecule has 0 bridgehead atoms. The molecular formula is C17H11Cl2NO3. The molecule has 0 fully saturated rings. The number of aliphatic imine (C=N–C) groups is 1. The maximum Gasteiger partial charge on any atom is 0.363 e. The van der Waals surface area contributed by atoms with Gasteiger partial charge >= 0.3 is 5.97 Å². The van der Waals surface area contributed by atoms with Crippen LogP contribution in [0.4, 0.5) is 0 Å². The molecule has 23 heavy (non-hydrogen) atoms. The second kappa shape index (κ2) is 6.44. The highest BCUT2D eigenvalue weighted by Crippen LogP contribution is 2.26. The van der Waals surface area contributed by atoms with E-state index in [1.54, 1.807) is 43.5 Å². The number of hydrogen-bond acceptors (Lipinski definition) is 4. The van der Waals surface area contributed by atoms with Gasteiger partial charge in [0.15, 0.2) is 5.70 Å². The van der Waals surface area contributed by atoms with Crippen LogP contribution >= 0.6 is 23.2 Å². The molecule has 0 amide bonds. The van der Waals surface area contributed by atoms with Gasteiger partial charge in [0.2, 0.25) is 5.90 Å². The van der Waals surface area contributed by atoms with Crippen molar-refractivity contribution < 1.29 is 14.3 Å². The normalized spacial score (nSPS) is 15.5. The second-order valence-electron chi connectivity index (χ2n) is 4.73. The lowest BCUT2D eigenvalue weighted by molar-refractivity contribution is -0.129. The second-order valence-corrected chi connectivity index (χ2v) is 5.58. The van der Waals surface area contributed by atoms with Crippen molar-refractivity contribution >= 4 is 41.1 Å². The van der Waals surface area contributed by atoms with Crippen molar-refractivity contribution in [3.05, 3.63) is 69.3 Å². The van der Waals surface area contributed by atoms with E-state index < -0.39 is 5.97 Å². The van der Waals surface area contributed by atoms with Crippen LogP contribution in [0.25, 0.3) is 6.08 Å². The van der Waals surface area contributed by atoms with Crippen LogP contribution in [0.5, 0.6) is 5.75 Å². The summed E-state index contributed by atoms with van der Waals surface area (Å²) in [7, 11) is 1.59. The number of halogens is 2. The highest BCUT2D eigenvalue weighted by molar-refractivity contribution is 6.36. The van der Waals surface area contributed by atoms with Crippen molar-refractivity contribution in [2.24, 2.45) is 4.99 Å². The van der Waals surface area contributed by atoms with E-state index in [0.717, 1.165) is 11.3 Å². The van der Waals surface area contributed by atoms with E-state index in [0.29, 0.717) is 15.6 Å². The van der Waals surface area contributed by atoms with Gasteiger partial charge in [0, 0.05) is 5.02 Å². The van der Waals surface area contributed by atoms with Gasteiger partial charge in [-0.25, -0.2) is 9.79 Å². The first-order valence-corrected chi connectivity index (χ1v) is 7.44. The average molecular weight is 348 g/mol. The molecule has 4 nitrogen and oxygen atoms in total. The van der Waals surface area contributed by atoms with Crippen molar-refractivity contribution in [1.82, 2.24) is 0 Å². The molecule has 0 saturated carbocycles. The van der Waals surface area contributed by atoms with Crippen LogP contribution in [0.2, 0.25) is 10.0 Å². The topological polar surface area (TPSA) is 47.9 Å². The van der Waals surface area contributed by atoms with Crippen LogP contribution in [0, 0.1) is 0 Å². The molecule has 116 valence electrons. The third-order valence-electron chi connectivity index (χ3n) is 3.20. The van der Waals surface area contributed by atoms with Gasteiger partial charge in [0.25, 0.3) is 0 Å². The molecule has 0 spiro atoms. The van der Waals surface area contributed by atoms with Crippen molar-refractivity contribution in [2.75, 3.05) is 7.11 Å². The summed E-state index contributed by atoms with van der Waals surface area (Å²) in [4.78, 5) is 16.2. The summed E-state index contributed by atoms with van der Waals surface area (Å²) in [6.07, 6.45) is 1.63. The summed E-state index contributed by atoms with van der Waals surface area (Å²) in [5, 5.41) is 0.891. The van der Waals surface area contributed by atoms with E-state index in [9.17, 15) is 4.79 Å². The van der Waals surface area contributed by atoms with E-state index in [4.69, 9.17) is 32.7 Å². The highest BCUT2D eigenvalue weighted by atomic mass is 35.5. The van der Waals surface area contributed by atoms with Gasteiger partial charge < -0.3 is 9.47 Å².